The van der Waals surface area contributed by atoms with Gasteiger partial charge in [0.25, 0.3) is 5.91 Å². The van der Waals surface area contributed by atoms with Gasteiger partial charge in [-0.15, -0.1) is 11.3 Å². The van der Waals surface area contributed by atoms with E-state index in [1.54, 1.807) is 13.0 Å². The molecule has 3 aromatic rings. The summed E-state index contributed by atoms with van der Waals surface area (Å²) in [5.41, 5.74) is 3.04. The fourth-order valence-electron chi connectivity index (χ4n) is 2.41. The third-order valence-corrected chi connectivity index (χ3v) is 4.92. The Morgan fingerprint density at radius 1 is 1.19 bits per heavy atom. The molecule has 1 atom stereocenters. The van der Waals surface area contributed by atoms with Crippen molar-refractivity contribution in [3.63, 3.8) is 0 Å². The van der Waals surface area contributed by atoms with E-state index in [0.717, 1.165) is 21.3 Å². The summed E-state index contributed by atoms with van der Waals surface area (Å²) in [5, 5.41) is 3.48. The third kappa shape index (κ3) is 5.24. The first-order chi connectivity index (χ1) is 13.0. The van der Waals surface area contributed by atoms with Crippen LogP contribution in [0.3, 0.4) is 0 Å². The van der Waals surface area contributed by atoms with Gasteiger partial charge in [0.1, 0.15) is 5.01 Å². The van der Waals surface area contributed by atoms with Crippen LogP contribution in [0, 0.1) is 6.92 Å². The summed E-state index contributed by atoms with van der Waals surface area (Å²) in [7, 11) is 0. The molecule has 6 heteroatoms. The van der Waals surface area contributed by atoms with Crippen molar-refractivity contribution in [2.24, 2.45) is 0 Å². The number of nitrogens with one attached hydrogen (secondary N) is 1. The third-order valence-electron chi connectivity index (χ3n) is 3.92. The summed E-state index contributed by atoms with van der Waals surface area (Å²) >= 11 is 1.49. The molecule has 2 aromatic carbocycles. The van der Waals surface area contributed by atoms with Crippen LogP contribution in [-0.2, 0) is 20.9 Å². The van der Waals surface area contributed by atoms with Gasteiger partial charge in [-0.2, -0.15) is 0 Å². The van der Waals surface area contributed by atoms with E-state index >= 15 is 0 Å². The van der Waals surface area contributed by atoms with Crippen molar-refractivity contribution in [2.45, 2.75) is 26.5 Å². The first kappa shape index (κ1) is 18.8. The van der Waals surface area contributed by atoms with E-state index in [-0.39, 0.29) is 5.91 Å². The van der Waals surface area contributed by atoms with Gasteiger partial charge in [0, 0.05) is 12.6 Å². The molecular formula is C21H20N2O3S. The van der Waals surface area contributed by atoms with Gasteiger partial charge in [-0.25, -0.2) is 9.78 Å². The maximum Gasteiger partial charge on any atom is 0.331 e. The molecule has 3 rings (SSSR count). The highest BCUT2D eigenvalue weighted by molar-refractivity contribution is 7.19. The van der Waals surface area contributed by atoms with Crippen LogP contribution in [0.2, 0.25) is 0 Å². The lowest BCUT2D eigenvalue weighted by atomic mass is 10.1. The maximum atomic E-state index is 12.1. The first-order valence-electron chi connectivity index (χ1n) is 8.59. The van der Waals surface area contributed by atoms with E-state index in [0.29, 0.717) is 11.6 Å². The minimum absolute atomic E-state index is 0.336. The molecule has 138 valence electrons. The minimum Gasteiger partial charge on any atom is -0.449 e. The van der Waals surface area contributed by atoms with E-state index in [9.17, 15) is 9.59 Å². The Bertz CT molecular complexity index is 944. The lowest BCUT2D eigenvalue weighted by molar-refractivity contribution is -0.150. The summed E-state index contributed by atoms with van der Waals surface area (Å²) in [6.45, 7) is 3.95. The van der Waals surface area contributed by atoms with Gasteiger partial charge in [-0.05, 0) is 37.6 Å². The van der Waals surface area contributed by atoms with Gasteiger partial charge in [-0.3, -0.25) is 4.79 Å². The van der Waals surface area contributed by atoms with Gasteiger partial charge in [0.05, 0.1) is 10.2 Å². The number of esters is 1. The lowest BCUT2D eigenvalue weighted by Gasteiger charge is -2.12. The van der Waals surface area contributed by atoms with E-state index in [1.165, 1.54) is 17.4 Å². The molecule has 0 saturated heterocycles. The van der Waals surface area contributed by atoms with Crippen molar-refractivity contribution in [2.75, 3.05) is 0 Å². The summed E-state index contributed by atoms with van der Waals surface area (Å²) in [6, 6.07) is 15.6. The van der Waals surface area contributed by atoms with Crippen molar-refractivity contribution in [3.05, 3.63) is 70.7 Å². The molecule has 0 saturated carbocycles. The standard InChI is InChI=1S/C21H20N2O3S/c1-14-7-9-16(10-8-14)13-22-21(25)15(2)26-20(24)12-11-19-23-17-5-3-4-6-18(17)27-19/h3-12,15H,13H2,1-2H3,(H,22,25)/b12-11+/t15-/m1/s1. The number of benzene rings is 2. The van der Waals surface area contributed by atoms with Crippen LogP contribution in [-0.4, -0.2) is 23.0 Å². The second-order valence-corrected chi connectivity index (χ2v) is 7.20. The zero-order valence-electron chi connectivity index (χ0n) is 15.1. The Morgan fingerprint density at radius 3 is 2.67 bits per heavy atom. The molecule has 0 aliphatic rings. The monoisotopic (exact) mass is 380 g/mol. The molecule has 1 heterocycles. The van der Waals surface area contributed by atoms with Gasteiger partial charge >= 0.3 is 5.97 Å². The number of rotatable bonds is 6. The number of ether oxygens (including phenoxy) is 1. The van der Waals surface area contributed by atoms with Crippen LogP contribution in [0.15, 0.2) is 54.6 Å². The lowest BCUT2D eigenvalue weighted by Crippen LogP contribution is -2.35. The van der Waals surface area contributed by atoms with Gasteiger partial charge < -0.3 is 10.1 Å². The second kappa shape index (κ2) is 8.60. The largest absolute Gasteiger partial charge is 0.449 e. The zero-order valence-corrected chi connectivity index (χ0v) is 16.0. The van der Waals surface area contributed by atoms with Gasteiger partial charge in [-0.1, -0.05) is 42.0 Å². The SMILES string of the molecule is Cc1ccc(CNC(=O)[C@@H](C)OC(=O)/C=C/c2nc3ccccc3s2)cc1. The van der Waals surface area contributed by atoms with E-state index in [1.807, 2.05) is 55.5 Å². The topological polar surface area (TPSA) is 68.3 Å². The summed E-state index contributed by atoms with van der Waals surface area (Å²) < 4.78 is 6.20. The number of nitrogens with zero attached hydrogens (tertiary/aromatic N) is 1. The molecule has 0 unspecified atom stereocenters. The van der Waals surface area contributed by atoms with Crippen LogP contribution < -0.4 is 5.32 Å². The van der Waals surface area contributed by atoms with E-state index in [4.69, 9.17) is 4.74 Å². The number of aryl methyl sites for hydroxylation is 1. The molecular weight excluding hydrogens is 360 g/mol. The average Bonchev–Trinajstić information content (AvgIpc) is 3.08. The molecule has 0 fully saturated rings. The normalized spacial score (nSPS) is 12.2. The molecule has 0 spiro atoms. The van der Waals surface area contributed by atoms with Gasteiger partial charge in [0.15, 0.2) is 6.10 Å². The number of fused-ring (bicyclic) bond motifs is 1. The van der Waals surface area contributed by atoms with Crippen molar-refractivity contribution in [1.82, 2.24) is 10.3 Å². The number of para-hydroxylation sites is 1. The zero-order chi connectivity index (χ0) is 19.2. The van der Waals surface area contributed by atoms with Crippen LogP contribution in [0.1, 0.15) is 23.1 Å². The molecule has 27 heavy (non-hydrogen) atoms. The predicted octanol–water partition coefficient (Wildman–Crippen LogP) is 3.87. The summed E-state index contributed by atoms with van der Waals surface area (Å²) in [6.07, 6.45) is 2.02. The highest BCUT2D eigenvalue weighted by Gasteiger charge is 2.16. The quantitative estimate of drug-likeness (QED) is 0.521. The Hall–Kier alpha value is -2.99. The predicted molar refractivity (Wildman–Crippen MR) is 107 cm³/mol. The summed E-state index contributed by atoms with van der Waals surface area (Å²) in [4.78, 5) is 28.4. The van der Waals surface area contributed by atoms with Crippen molar-refractivity contribution < 1.29 is 14.3 Å². The Kier molecular flexibility index (Phi) is 5.98. The van der Waals surface area contributed by atoms with Crippen molar-refractivity contribution in [3.8, 4) is 0 Å². The van der Waals surface area contributed by atoms with E-state index in [2.05, 4.69) is 10.3 Å². The van der Waals surface area contributed by atoms with E-state index < -0.39 is 12.1 Å². The van der Waals surface area contributed by atoms with Crippen LogP contribution in [0.5, 0.6) is 0 Å². The van der Waals surface area contributed by atoms with Crippen molar-refractivity contribution in [1.29, 1.82) is 0 Å². The van der Waals surface area contributed by atoms with Crippen LogP contribution >= 0.6 is 11.3 Å². The molecule has 5 nitrogen and oxygen atoms in total. The molecule has 1 N–H and O–H groups in total. The van der Waals surface area contributed by atoms with Gasteiger partial charge in [0.2, 0.25) is 0 Å². The molecule has 0 aliphatic heterocycles. The number of carbonyl (C=O) groups excluding carboxylic acids is 2. The Morgan fingerprint density at radius 2 is 1.93 bits per heavy atom. The highest BCUT2D eigenvalue weighted by Crippen LogP contribution is 2.22. The number of carbonyl (C=O) groups is 2. The van der Waals surface area contributed by atoms with Crippen LogP contribution in [0.25, 0.3) is 16.3 Å². The second-order valence-electron chi connectivity index (χ2n) is 6.14. The highest BCUT2D eigenvalue weighted by atomic mass is 32.1. The van der Waals surface area contributed by atoms with Crippen LogP contribution in [0.4, 0.5) is 0 Å². The molecule has 0 radical (unpaired) electrons. The fraction of sp³-hybridized carbons (Fsp3) is 0.190. The first-order valence-corrected chi connectivity index (χ1v) is 9.40. The number of hydrogen-bond donors (Lipinski definition) is 1. The number of aromatic nitrogens is 1. The Balaban J connectivity index is 1.50. The number of thiazole rings is 1. The van der Waals surface area contributed by atoms with Crippen molar-refractivity contribution >= 4 is 39.5 Å². The number of hydrogen-bond acceptors (Lipinski definition) is 5. The minimum atomic E-state index is -0.872. The summed E-state index contributed by atoms with van der Waals surface area (Å²) in [5.74, 6) is -0.912. The maximum absolute atomic E-state index is 12.1. The fourth-order valence-corrected chi connectivity index (χ4v) is 3.28. The number of amides is 1. The average molecular weight is 380 g/mol. The molecule has 1 aromatic heterocycles. The molecule has 0 aliphatic carbocycles. The molecule has 0 bridgehead atoms. The smallest absolute Gasteiger partial charge is 0.331 e. The molecule has 1 amide bonds. The Labute approximate surface area is 161 Å².